The highest BCUT2D eigenvalue weighted by Gasteiger charge is 2.23. The summed E-state index contributed by atoms with van der Waals surface area (Å²) in [4.78, 5) is 36.7. The van der Waals surface area contributed by atoms with Crippen LogP contribution in [0.3, 0.4) is 0 Å². The lowest BCUT2D eigenvalue weighted by Gasteiger charge is -2.21. The van der Waals surface area contributed by atoms with Gasteiger partial charge in [0.1, 0.15) is 5.75 Å². The number of pyridine rings is 1. The Morgan fingerprint density at radius 3 is 2.46 bits per heavy atom. The molecule has 1 unspecified atom stereocenters. The van der Waals surface area contributed by atoms with E-state index in [9.17, 15) is 24.6 Å². The summed E-state index contributed by atoms with van der Waals surface area (Å²) in [7, 11) is 1.46. The highest BCUT2D eigenvalue weighted by atomic mass is 35.5. The van der Waals surface area contributed by atoms with Gasteiger partial charge in [-0.3, -0.25) is 9.59 Å². The number of aliphatic carboxylic acids is 1. The van der Waals surface area contributed by atoms with Crippen LogP contribution in [0.4, 0.5) is 21.9 Å². The average molecular weight is 520 g/mol. The number of amides is 2. The molecule has 0 aliphatic rings. The van der Waals surface area contributed by atoms with Gasteiger partial charge >= 0.3 is 12.0 Å². The number of halogens is 2. The quantitative estimate of drug-likeness (QED) is 0.268. The maximum atomic E-state index is 12.7. The Morgan fingerprint density at radius 2 is 1.80 bits per heavy atom. The molecule has 3 aromatic rings. The lowest BCUT2D eigenvalue weighted by Crippen LogP contribution is -2.36. The number of carbonyl (C=O) groups excluding carboxylic acids is 1. The molecule has 1 heterocycles. The maximum Gasteiger partial charge on any atom is 0.319 e. The van der Waals surface area contributed by atoms with Gasteiger partial charge in [-0.2, -0.15) is 0 Å². The van der Waals surface area contributed by atoms with Gasteiger partial charge in [-0.05, 0) is 42.3 Å². The Hall–Kier alpha value is -3.89. The van der Waals surface area contributed by atoms with Crippen molar-refractivity contribution >= 4 is 52.3 Å². The lowest BCUT2D eigenvalue weighted by molar-refractivity contribution is -0.137. The molecule has 10 nitrogen and oxygen atoms in total. The third kappa shape index (κ3) is 5.61. The molecular formula is C23H23Cl2N5O5. The smallest absolute Gasteiger partial charge is 0.319 e. The highest BCUT2D eigenvalue weighted by Crippen LogP contribution is 2.37. The van der Waals surface area contributed by atoms with Gasteiger partial charge < -0.3 is 36.9 Å². The Bertz CT molecular complexity index is 1390. The van der Waals surface area contributed by atoms with E-state index in [1.54, 1.807) is 31.2 Å². The van der Waals surface area contributed by atoms with E-state index in [1.807, 2.05) is 0 Å². The first-order valence-corrected chi connectivity index (χ1v) is 11.0. The minimum Gasteiger partial charge on any atom is -0.505 e. The number of nitrogens with one attached hydrogen (secondary N) is 2. The fraction of sp³-hybridized carbons (Fsp3) is 0.174. The number of carboxylic acids is 1. The van der Waals surface area contributed by atoms with Gasteiger partial charge in [0.15, 0.2) is 5.69 Å². The van der Waals surface area contributed by atoms with Gasteiger partial charge in [-0.1, -0.05) is 29.3 Å². The van der Waals surface area contributed by atoms with Crippen LogP contribution in [-0.4, -0.2) is 26.8 Å². The minimum absolute atomic E-state index is 0.215. The Labute approximate surface area is 210 Å². The zero-order chi connectivity index (χ0) is 26.0. The van der Waals surface area contributed by atoms with E-state index in [0.717, 1.165) is 0 Å². The van der Waals surface area contributed by atoms with Crippen molar-refractivity contribution in [2.75, 3.05) is 16.8 Å². The van der Waals surface area contributed by atoms with Crippen LogP contribution in [0.15, 0.2) is 41.3 Å². The number of urea groups is 1. The first kappa shape index (κ1) is 25.7. The van der Waals surface area contributed by atoms with E-state index in [0.29, 0.717) is 33.0 Å². The number of nitrogens with zero attached hydrogens (tertiary/aromatic N) is 1. The van der Waals surface area contributed by atoms with Crippen LogP contribution in [0.2, 0.25) is 10.0 Å². The van der Waals surface area contributed by atoms with Crippen molar-refractivity contribution in [3.05, 3.63) is 68.1 Å². The van der Waals surface area contributed by atoms with Crippen molar-refractivity contribution in [3.63, 3.8) is 0 Å². The summed E-state index contributed by atoms with van der Waals surface area (Å²) in [5.74, 6) is -1.60. The number of carboxylic acid groups (broad SMARTS) is 1. The predicted molar refractivity (Wildman–Crippen MR) is 136 cm³/mol. The SMILES string of the molecule is Cc1cn(C)c(=O)c(NC(=O)NC(CC(=O)O)c2cc(-c3cc(Cl)c(N)cc3Cl)ccc2N)c1O. The molecule has 35 heavy (non-hydrogen) atoms. The largest absolute Gasteiger partial charge is 0.505 e. The first-order valence-electron chi connectivity index (χ1n) is 10.2. The van der Waals surface area contributed by atoms with Crippen molar-refractivity contribution in [2.24, 2.45) is 7.05 Å². The van der Waals surface area contributed by atoms with Crippen molar-refractivity contribution in [1.82, 2.24) is 9.88 Å². The van der Waals surface area contributed by atoms with E-state index in [4.69, 9.17) is 34.7 Å². The molecule has 1 aromatic heterocycles. The van der Waals surface area contributed by atoms with E-state index in [1.165, 1.54) is 23.9 Å². The predicted octanol–water partition coefficient (Wildman–Crippen LogP) is 3.88. The third-order valence-electron chi connectivity index (χ3n) is 5.31. The number of hydrogen-bond donors (Lipinski definition) is 6. The van der Waals surface area contributed by atoms with E-state index >= 15 is 0 Å². The summed E-state index contributed by atoms with van der Waals surface area (Å²) < 4.78 is 1.20. The molecule has 0 spiro atoms. The van der Waals surface area contributed by atoms with Crippen LogP contribution < -0.4 is 27.7 Å². The molecule has 12 heteroatoms. The summed E-state index contributed by atoms with van der Waals surface area (Å²) in [6.07, 6.45) is 0.893. The maximum absolute atomic E-state index is 12.7. The molecular weight excluding hydrogens is 497 g/mol. The molecule has 0 radical (unpaired) electrons. The Kier molecular flexibility index (Phi) is 7.47. The first-order chi connectivity index (χ1) is 16.4. The second-order valence-corrected chi connectivity index (χ2v) is 8.71. The molecule has 0 saturated heterocycles. The van der Waals surface area contributed by atoms with E-state index in [-0.39, 0.29) is 16.4 Å². The minimum atomic E-state index is -1.21. The van der Waals surface area contributed by atoms with Gasteiger partial charge in [-0.15, -0.1) is 0 Å². The van der Waals surface area contributed by atoms with Crippen LogP contribution in [-0.2, 0) is 11.8 Å². The lowest BCUT2D eigenvalue weighted by atomic mass is 9.96. The Balaban J connectivity index is 1.98. The average Bonchev–Trinajstić information content (AvgIpc) is 2.77. The molecule has 0 fully saturated rings. The zero-order valence-corrected chi connectivity index (χ0v) is 20.2. The van der Waals surface area contributed by atoms with Crippen molar-refractivity contribution in [2.45, 2.75) is 19.4 Å². The monoisotopic (exact) mass is 519 g/mol. The molecule has 0 aliphatic heterocycles. The number of benzene rings is 2. The van der Waals surface area contributed by atoms with Crippen LogP contribution >= 0.6 is 23.2 Å². The standard InChI is InChI=1S/C23H23Cl2N5O5/c1-10-9-30(2)22(34)20(21(10)33)29-23(35)28-18(8-19(31)32)13-5-11(3-4-16(13)26)12-6-15(25)17(27)7-14(12)24/h3-7,9,18,33H,8,26-27H2,1-2H3,(H,31,32)(H2,28,29,35). The fourth-order valence-corrected chi connectivity index (χ4v) is 3.99. The number of hydrogen-bond acceptors (Lipinski definition) is 6. The summed E-state index contributed by atoms with van der Waals surface area (Å²) in [6, 6.07) is 5.85. The van der Waals surface area contributed by atoms with Gasteiger partial charge in [0, 0.05) is 30.1 Å². The number of aromatic hydroxyl groups is 1. The molecule has 2 amide bonds. The van der Waals surface area contributed by atoms with Crippen LogP contribution in [0, 0.1) is 6.92 Å². The van der Waals surface area contributed by atoms with Crippen molar-refractivity contribution < 1.29 is 19.8 Å². The molecule has 0 aliphatic carbocycles. The number of aromatic nitrogens is 1. The highest BCUT2D eigenvalue weighted by molar-refractivity contribution is 6.37. The summed E-state index contributed by atoms with van der Waals surface area (Å²) in [5.41, 5.74) is 13.2. The molecule has 8 N–H and O–H groups in total. The van der Waals surface area contributed by atoms with Crippen LogP contribution in [0.1, 0.15) is 23.6 Å². The van der Waals surface area contributed by atoms with Crippen LogP contribution in [0.25, 0.3) is 11.1 Å². The Morgan fingerprint density at radius 1 is 1.11 bits per heavy atom. The molecule has 2 aromatic carbocycles. The van der Waals surface area contributed by atoms with Gasteiger partial charge in [-0.25, -0.2) is 4.79 Å². The fourth-order valence-electron chi connectivity index (χ4n) is 3.55. The summed E-state index contributed by atoms with van der Waals surface area (Å²) in [5, 5.41) is 25.1. The van der Waals surface area contributed by atoms with Crippen molar-refractivity contribution in [3.8, 4) is 16.9 Å². The number of aryl methyl sites for hydroxylation is 2. The zero-order valence-electron chi connectivity index (χ0n) is 18.7. The normalized spacial score (nSPS) is 11.7. The summed E-state index contributed by atoms with van der Waals surface area (Å²) >= 11 is 12.5. The number of nitrogen functional groups attached to an aromatic ring is 2. The van der Waals surface area contributed by atoms with Crippen molar-refractivity contribution in [1.29, 1.82) is 0 Å². The number of rotatable bonds is 6. The van der Waals surface area contributed by atoms with Gasteiger partial charge in [0.05, 0.1) is 28.2 Å². The number of carbonyl (C=O) groups is 2. The number of anilines is 3. The topological polar surface area (TPSA) is 173 Å². The van der Waals surface area contributed by atoms with Gasteiger partial charge in [0.25, 0.3) is 5.56 Å². The second-order valence-electron chi connectivity index (χ2n) is 7.90. The van der Waals surface area contributed by atoms with Gasteiger partial charge in [0.2, 0.25) is 0 Å². The van der Waals surface area contributed by atoms with E-state index < -0.39 is 35.8 Å². The second kappa shape index (κ2) is 10.2. The summed E-state index contributed by atoms with van der Waals surface area (Å²) in [6.45, 7) is 1.56. The molecule has 1 atom stereocenters. The van der Waals surface area contributed by atoms with E-state index in [2.05, 4.69) is 10.6 Å². The van der Waals surface area contributed by atoms with Crippen LogP contribution in [0.5, 0.6) is 5.75 Å². The third-order valence-corrected chi connectivity index (χ3v) is 5.95. The molecule has 0 saturated carbocycles. The molecule has 184 valence electrons. The molecule has 3 rings (SSSR count). The molecule has 0 bridgehead atoms. The number of nitrogens with two attached hydrogens (primary N) is 2.